The molecule has 80 heavy (non-hydrogen) atoms. The van der Waals surface area contributed by atoms with Gasteiger partial charge in [0, 0.05) is 12.8 Å². The van der Waals surface area contributed by atoms with Gasteiger partial charge in [-0.05, 0) is 6.42 Å². The van der Waals surface area contributed by atoms with E-state index in [1.807, 2.05) is 0 Å². The van der Waals surface area contributed by atoms with Gasteiger partial charge in [-0.25, -0.2) is 4.99 Å². The number of nitrogens with zero attached hydrogens (tertiary/aromatic N) is 1. The van der Waals surface area contributed by atoms with Gasteiger partial charge in [0.15, 0.2) is 43.6 Å². The minimum atomic E-state index is -2.16. The van der Waals surface area contributed by atoms with E-state index in [0.717, 1.165) is 0 Å². The van der Waals surface area contributed by atoms with Crippen molar-refractivity contribution in [3.63, 3.8) is 0 Å². The lowest BCUT2D eigenvalue weighted by molar-refractivity contribution is -0.392. The molecule has 14 unspecified atom stereocenters. The van der Waals surface area contributed by atoms with Gasteiger partial charge in [0.25, 0.3) is 0 Å². The summed E-state index contributed by atoms with van der Waals surface area (Å²) in [5.41, 5.74) is 0. The van der Waals surface area contributed by atoms with E-state index < -0.39 is 254 Å². The van der Waals surface area contributed by atoms with Gasteiger partial charge in [0.05, 0.1) is 51.8 Å². The van der Waals surface area contributed by atoms with Crippen molar-refractivity contribution in [2.75, 3.05) is 39.6 Å². The predicted molar refractivity (Wildman–Crippen MR) is 248 cm³/mol. The number of aliphatic hydroxyl groups excluding tert-OH is 19. The average molecular weight is 1170 g/mol. The van der Waals surface area contributed by atoms with Crippen LogP contribution in [-0.2, 0) is 66.3 Å². The van der Waals surface area contributed by atoms with E-state index in [0.29, 0.717) is 0 Å². The summed E-state index contributed by atoms with van der Waals surface area (Å²) < 4.78 is 82.2. The van der Waals surface area contributed by atoms with Crippen molar-refractivity contribution < 1.29 is 163 Å². The molecule has 0 radical (unpaired) electrons. The lowest BCUT2D eigenvalue weighted by Gasteiger charge is -2.50. The molecule has 0 amide bonds. The fraction of sp³-hybridized carbons (Fsp3) is 0.978. The van der Waals surface area contributed by atoms with Gasteiger partial charge >= 0.3 is 0 Å². The van der Waals surface area contributed by atoms with Gasteiger partial charge in [0.2, 0.25) is 6.29 Å². The van der Waals surface area contributed by atoms with Gasteiger partial charge in [-0.3, -0.25) is 0 Å². The second kappa shape index (κ2) is 27.3. The first-order valence-corrected chi connectivity index (χ1v) is 26.3. The summed E-state index contributed by atoms with van der Waals surface area (Å²) in [7, 11) is 0. The molecule has 8 aliphatic heterocycles. The predicted octanol–water partition coefficient (Wildman–Crippen LogP) is -12.1. The third kappa shape index (κ3) is 13.0. The van der Waals surface area contributed by atoms with Crippen molar-refractivity contribution in [1.29, 1.82) is 0 Å². The van der Waals surface area contributed by atoms with Gasteiger partial charge < -0.3 is 163 Å². The molecule has 464 valence electrons. The SMILES string of the molecule is CC[C@@H]1O[C@H](OC2C(O)[C@H](O)[C@H](CO)O[C@@H]2O[C@@H]2C(C)[C@H](O[C@@H]3C(CO)O[C@@H]4OC(C)=NC4[C@H]3O)OC(CO[C@H]3OC(CO[C@H]4OC(CO)[C@@H](O)[C@H](O)C4O)[C@@H](O)[C@H](O[C@H]4O[C@@H](CO)[C@@H](O)C(O)C4O)C3O)[C@H]2O)C(O)C(O)[C@@H]1O. The molecule has 35 atom stereocenters. The fourth-order valence-electron chi connectivity index (χ4n) is 10.8. The Kier molecular flexibility index (Phi) is 21.9. The van der Waals surface area contributed by atoms with Crippen LogP contribution in [0.15, 0.2) is 4.99 Å². The molecule has 0 aliphatic carbocycles. The Hall–Kier alpha value is -1.81. The maximum Gasteiger partial charge on any atom is 0.227 e. The first-order chi connectivity index (χ1) is 38.0. The molecule has 8 rings (SSSR count). The Labute approximate surface area is 455 Å². The molecule has 0 aromatic heterocycles. The van der Waals surface area contributed by atoms with Crippen molar-refractivity contribution in [3.8, 4) is 0 Å². The highest BCUT2D eigenvalue weighted by Crippen LogP contribution is 2.39. The van der Waals surface area contributed by atoms with Gasteiger partial charge in [-0.2, -0.15) is 0 Å². The number of aliphatic hydroxyl groups is 19. The quantitative estimate of drug-likeness (QED) is 0.0571. The molecule has 0 saturated carbocycles. The molecule has 34 nitrogen and oxygen atoms in total. The lowest BCUT2D eigenvalue weighted by Crippen LogP contribution is -2.67. The maximum absolute atomic E-state index is 12.3. The van der Waals surface area contributed by atoms with Crippen molar-refractivity contribution in [3.05, 3.63) is 0 Å². The molecule has 0 aromatic rings. The van der Waals surface area contributed by atoms with Crippen LogP contribution in [-0.4, -0.2) is 351 Å². The van der Waals surface area contributed by atoms with Gasteiger partial charge in [-0.15, -0.1) is 0 Å². The molecule has 8 aliphatic rings. The fourth-order valence-corrected chi connectivity index (χ4v) is 10.8. The topological polar surface area (TPSA) is 526 Å². The summed E-state index contributed by atoms with van der Waals surface area (Å²) >= 11 is 0. The van der Waals surface area contributed by atoms with Crippen LogP contribution < -0.4 is 0 Å². The molecule has 7 saturated heterocycles. The summed E-state index contributed by atoms with van der Waals surface area (Å²) in [6.07, 6.45) is -58.3. The largest absolute Gasteiger partial charge is 0.450 e. The molecule has 0 bridgehead atoms. The van der Waals surface area contributed by atoms with E-state index in [2.05, 4.69) is 4.99 Å². The number of hydrogen-bond acceptors (Lipinski definition) is 34. The van der Waals surface area contributed by atoms with Crippen molar-refractivity contribution in [1.82, 2.24) is 0 Å². The zero-order valence-corrected chi connectivity index (χ0v) is 43.3. The minimum absolute atomic E-state index is 0.102. The van der Waals surface area contributed by atoms with Crippen LogP contribution >= 0.6 is 0 Å². The monoisotopic (exact) mass is 1170 g/mol. The Morgan fingerprint density at radius 1 is 0.362 bits per heavy atom. The minimum Gasteiger partial charge on any atom is -0.450 e. The standard InChI is InChI=1S/C46H77NO33/c1-4-13-21(52)28(59)33(64)44(70-13)80-39-31(62)24(55)16(7-50)73-46(39)77-36-11(2)40(78-37-17(8-51)74-41-20(27(37)58)47-12(3)69-41)75-18(25(36)56)9-68-43-35(66)38(79-45-34(65)30(61)23(54)15(6-49)72-45)26(57)19(76-43)10-67-42-32(63)29(60)22(53)14(5-48)71-42/h11,13-46,48-66H,4-10H2,1-3H3/t11?,13-,14?,15-,16-,17?,18?,19?,20?,21+,22+,23+,24+,25+,26+,27+,28?,29-,30?,31?,32?,33?,34?,35?,36+,37+,38-,39?,40-,41-,42-,43-,44+,45+,46+/m0/s1. The van der Waals surface area contributed by atoms with Crippen LogP contribution in [0.2, 0.25) is 0 Å². The third-order valence-corrected chi connectivity index (χ3v) is 15.7. The van der Waals surface area contributed by atoms with Crippen LogP contribution in [0.5, 0.6) is 0 Å². The van der Waals surface area contributed by atoms with Crippen molar-refractivity contribution in [2.24, 2.45) is 10.9 Å². The van der Waals surface area contributed by atoms with E-state index >= 15 is 0 Å². The second-order valence-electron chi connectivity index (χ2n) is 21.0. The average Bonchev–Trinajstić information content (AvgIpc) is 3.83. The van der Waals surface area contributed by atoms with E-state index in [-0.39, 0.29) is 12.3 Å². The zero-order chi connectivity index (χ0) is 58.3. The molecular formula is C46H77NO33. The summed E-state index contributed by atoms with van der Waals surface area (Å²) in [5, 5.41) is 205. The third-order valence-electron chi connectivity index (χ3n) is 15.7. The van der Waals surface area contributed by atoms with Crippen LogP contribution in [0.3, 0.4) is 0 Å². The molecule has 0 spiro atoms. The second-order valence-corrected chi connectivity index (χ2v) is 21.0. The number of hydrogen-bond donors (Lipinski definition) is 19. The molecule has 0 aromatic carbocycles. The Balaban J connectivity index is 1.08. The number of fused-ring (bicyclic) bond motifs is 1. The smallest absolute Gasteiger partial charge is 0.227 e. The van der Waals surface area contributed by atoms with E-state index in [9.17, 15) is 97.0 Å². The number of aliphatic imine (C=N–C) groups is 1. The molecule has 8 heterocycles. The van der Waals surface area contributed by atoms with Crippen LogP contribution in [0.1, 0.15) is 27.2 Å². The van der Waals surface area contributed by atoms with E-state index in [1.54, 1.807) is 6.92 Å². The van der Waals surface area contributed by atoms with E-state index in [1.165, 1.54) is 13.8 Å². The maximum atomic E-state index is 12.3. The first kappa shape index (κ1) is 64.2. The molecule has 19 N–H and O–H groups in total. The molecule has 34 heteroatoms. The van der Waals surface area contributed by atoms with Crippen LogP contribution in [0.25, 0.3) is 0 Å². The van der Waals surface area contributed by atoms with Gasteiger partial charge in [-0.1, -0.05) is 13.8 Å². The summed E-state index contributed by atoms with van der Waals surface area (Å²) in [6.45, 7) is -0.634. The highest BCUT2D eigenvalue weighted by atomic mass is 16.8. The van der Waals surface area contributed by atoms with Crippen LogP contribution in [0.4, 0.5) is 0 Å². The Morgan fingerprint density at radius 3 is 1.30 bits per heavy atom. The number of ether oxygens (including phenoxy) is 14. The van der Waals surface area contributed by atoms with Crippen LogP contribution in [0, 0.1) is 5.92 Å². The Morgan fingerprint density at radius 2 is 0.762 bits per heavy atom. The highest BCUT2D eigenvalue weighted by Gasteiger charge is 2.58. The highest BCUT2D eigenvalue weighted by molar-refractivity contribution is 5.75. The summed E-state index contributed by atoms with van der Waals surface area (Å²) in [6, 6.07) is -1.07. The molecular weight excluding hydrogens is 1090 g/mol. The lowest BCUT2D eigenvalue weighted by atomic mass is 9.90. The van der Waals surface area contributed by atoms with Crippen molar-refractivity contribution in [2.45, 2.75) is 236 Å². The van der Waals surface area contributed by atoms with Gasteiger partial charge in [0.1, 0.15) is 153 Å². The summed E-state index contributed by atoms with van der Waals surface area (Å²) in [4.78, 5) is 4.27. The van der Waals surface area contributed by atoms with Crippen molar-refractivity contribution >= 4 is 5.90 Å². The summed E-state index contributed by atoms with van der Waals surface area (Å²) in [5.74, 6) is -1.09. The zero-order valence-electron chi connectivity index (χ0n) is 43.3. The first-order valence-electron chi connectivity index (χ1n) is 26.3. The number of rotatable bonds is 19. The normalized spacial score (nSPS) is 53.0. The molecule has 7 fully saturated rings. The van der Waals surface area contributed by atoms with E-state index in [4.69, 9.17) is 66.3 Å². The Bertz CT molecular complexity index is 1970.